The fraction of sp³-hybridized carbons (Fsp3) is 0.600. The molecule has 120 valence electrons. The Balaban J connectivity index is 2.98. The molecule has 0 heterocycles. The van der Waals surface area contributed by atoms with Gasteiger partial charge in [0.15, 0.2) is 0 Å². The third-order valence-corrected chi connectivity index (χ3v) is 4.90. The van der Waals surface area contributed by atoms with Gasteiger partial charge in [0, 0.05) is 17.8 Å². The number of hydrogen-bond donors (Lipinski definition) is 2. The molecule has 21 heavy (non-hydrogen) atoms. The van der Waals surface area contributed by atoms with Crippen molar-refractivity contribution in [1.29, 1.82) is 0 Å². The topological polar surface area (TPSA) is 81.4 Å². The third kappa shape index (κ3) is 5.21. The number of methoxy groups -OCH3 is 1. The van der Waals surface area contributed by atoms with E-state index < -0.39 is 10.0 Å². The largest absolute Gasteiger partial charge is 0.495 e. The molecule has 0 fully saturated rings. The van der Waals surface area contributed by atoms with E-state index in [4.69, 9.17) is 10.5 Å². The summed E-state index contributed by atoms with van der Waals surface area (Å²) in [4.78, 5) is 0.136. The van der Waals surface area contributed by atoms with Crippen LogP contribution in [0.4, 0.5) is 5.69 Å². The van der Waals surface area contributed by atoms with Gasteiger partial charge >= 0.3 is 0 Å². The average molecular weight is 314 g/mol. The summed E-state index contributed by atoms with van der Waals surface area (Å²) >= 11 is 0. The predicted molar refractivity (Wildman–Crippen MR) is 85.9 cm³/mol. The Labute approximate surface area is 127 Å². The lowest BCUT2D eigenvalue weighted by Crippen LogP contribution is -2.35. The smallest absolute Gasteiger partial charge is 0.244 e. The lowest BCUT2D eigenvalue weighted by atomic mass is 10.1. The molecule has 3 N–H and O–H groups in total. The summed E-state index contributed by atoms with van der Waals surface area (Å²) in [5, 5.41) is 0. The molecule has 0 aliphatic carbocycles. The number of rotatable bonds is 9. The van der Waals surface area contributed by atoms with Crippen LogP contribution in [0.5, 0.6) is 5.75 Å². The van der Waals surface area contributed by atoms with E-state index in [-0.39, 0.29) is 16.7 Å². The second kappa shape index (κ2) is 8.24. The number of benzene rings is 1. The predicted octanol–water partition coefficient (Wildman–Crippen LogP) is 2.91. The van der Waals surface area contributed by atoms with Crippen LogP contribution in [0, 0.1) is 0 Å². The molecule has 0 amide bonds. The average Bonchev–Trinajstić information content (AvgIpc) is 2.44. The number of nitrogens with two attached hydrogens (primary N) is 1. The van der Waals surface area contributed by atoms with Crippen molar-refractivity contribution in [1.82, 2.24) is 4.72 Å². The Kier molecular flexibility index (Phi) is 6.98. The Morgan fingerprint density at radius 2 is 1.95 bits per heavy atom. The summed E-state index contributed by atoms with van der Waals surface area (Å²) in [5.74, 6) is 0.272. The van der Waals surface area contributed by atoms with E-state index >= 15 is 0 Å². The molecule has 1 rings (SSSR count). The zero-order valence-electron chi connectivity index (χ0n) is 13.1. The number of anilines is 1. The van der Waals surface area contributed by atoms with E-state index in [2.05, 4.69) is 18.6 Å². The van der Waals surface area contributed by atoms with E-state index in [1.165, 1.54) is 19.2 Å². The molecule has 0 saturated carbocycles. The molecule has 0 saturated heterocycles. The van der Waals surface area contributed by atoms with Crippen molar-refractivity contribution < 1.29 is 13.2 Å². The van der Waals surface area contributed by atoms with Gasteiger partial charge in [-0.25, -0.2) is 13.1 Å². The molecule has 0 aromatic heterocycles. The summed E-state index contributed by atoms with van der Waals surface area (Å²) in [6.45, 7) is 4.15. The van der Waals surface area contributed by atoms with E-state index in [1.807, 2.05) is 0 Å². The van der Waals surface area contributed by atoms with Gasteiger partial charge in [0.05, 0.1) is 7.11 Å². The second-order valence-corrected chi connectivity index (χ2v) is 6.84. The lowest BCUT2D eigenvalue weighted by Gasteiger charge is -2.19. The molecular formula is C15H26N2O3S. The van der Waals surface area contributed by atoms with E-state index in [0.29, 0.717) is 5.69 Å². The molecule has 0 aliphatic rings. The van der Waals surface area contributed by atoms with Crippen LogP contribution in [0.1, 0.15) is 46.0 Å². The Morgan fingerprint density at radius 1 is 1.24 bits per heavy atom. The summed E-state index contributed by atoms with van der Waals surface area (Å²) in [6, 6.07) is 4.54. The van der Waals surface area contributed by atoms with Crippen LogP contribution in [-0.2, 0) is 10.0 Å². The molecular weight excluding hydrogens is 288 g/mol. The van der Waals surface area contributed by atoms with Gasteiger partial charge in [-0.1, -0.05) is 33.1 Å². The molecule has 0 aliphatic heterocycles. The van der Waals surface area contributed by atoms with Gasteiger partial charge in [0.2, 0.25) is 10.0 Å². The van der Waals surface area contributed by atoms with E-state index in [9.17, 15) is 8.42 Å². The highest BCUT2D eigenvalue weighted by Crippen LogP contribution is 2.26. The summed E-state index contributed by atoms with van der Waals surface area (Å²) < 4.78 is 33.0. The number of nitrogens with one attached hydrogen (secondary N) is 1. The summed E-state index contributed by atoms with van der Waals surface area (Å²) in [6.07, 6.45) is 4.67. The van der Waals surface area contributed by atoms with Crippen LogP contribution >= 0.6 is 0 Å². The number of ether oxygens (including phenoxy) is 1. The van der Waals surface area contributed by atoms with Crippen LogP contribution in [0.2, 0.25) is 0 Å². The summed E-state index contributed by atoms with van der Waals surface area (Å²) in [5.41, 5.74) is 6.14. The van der Waals surface area contributed by atoms with Crippen LogP contribution in [0.15, 0.2) is 23.1 Å². The Hall–Kier alpha value is -1.27. The molecule has 6 heteroatoms. The van der Waals surface area contributed by atoms with Crippen molar-refractivity contribution in [2.24, 2.45) is 0 Å². The van der Waals surface area contributed by atoms with Gasteiger partial charge in [-0.15, -0.1) is 0 Å². The Morgan fingerprint density at radius 3 is 2.52 bits per heavy atom. The summed E-state index contributed by atoms with van der Waals surface area (Å²) in [7, 11) is -2.16. The first-order valence-corrected chi connectivity index (χ1v) is 8.88. The first-order chi connectivity index (χ1) is 9.94. The van der Waals surface area contributed by atoms with Gasteiger partial charge in [-0.05, 0) is 25.0 Å². The molecule has 0 radical (unpaired) electrons. The molecule has 1 aromatic rings. The zero-order valence-corrected chi connectivity index (χ0v) is 13.9. The number of nitrogen functional groups attached to an aromatic ring is 1. The fourth-order valence-electron chi connectivity index (χ4n) is 2.25. The van der Waals surface area contributed by atoms with Crippen molar-refractivity contribution >= 4 is 15.7 Å². The normalized spacial score (nSPS) is 13.1. The van der Waals surface area contributed by atoms with Crippen LogP contribution < -0.4 is 15.2 Å². The second-order valence-electron chi connectivity index (χ2n) is 5.16. The van der Waals surface area contributed by atoms with Gasteiger partial charge < -0.3 is 10.5 Å². The van der Waals surface area contributed by atoms with Gasteiger partial charge in [-0.3, -0.25) is 0 Å². The van der Waals surface area contributed by atoms with Crippen molar-refractivity contribution in [2.75, 3.05) is 12.8 Å². The highest BCUT2D eigenvalue weighted by atomic mass is 32.2. The van der Waals surface area contributed by atoms with Crippen molar-refractivity contribution in [3.05, 3.63) is 18.2 Å². The number of sulfonamides is 1. The highest BCUT2D eigenvalue weighted by Gasteiger charge is 2.23. The van der Waals surface area contributed by atoms with Crippen molar-refractivity contribution in [3.8, 4) is 5.75 Å². The quantitative estimate of drug-likeness (QED) is 0.687. The van der Waals surface area contributed by atoms with Crippen molar-refractivity contribution in [3.63, 3.8) is 0 Å². The molecule has 1 unspecified atom stereocenters. The van der Waals surface area contributed by atoms with Crippen molar-refractivity contribution in [2.45, 2.75) is 56.9 Å². The maximum absolute atomic E-state index is 12.5. The maximum atomic E-state index is 12.5. The monoisotopic (exact) mass is 314 g/mol. The van der Waals surface area contributed by atoms with Gasteiger partial charge in [-0.2, -0.15) is 0 Å². The molecule has 0 spiro atoms. The zero-order chi connectivity index (χ0) is 15.9. The minimum atomic E-state index is -3.60. The molecule has 0 bridgehead atoms. The van der Waals surface area contributed by atoms with Crippen LogP contribution in [-0.4, -0.2) is 21.6 Å². The minimum absolute atomic E-state index is 0.0396. The fourth-order valence-corrected chi connectivity index (χ4v) is 3.71. The van der Waals surface area contributed by atoms with Crippen LogP contribution in [0.3, 0.4) is 0 Å². The SMILES string of the molecule is CCCCC(CCC)NS(=O)(=O)c1ccc(N)cc1OC. The molecule has 1 aromatic carbocycles. The van der Waals surface area contributed by atoms with E-state index in [1.54, 1.807) is 6.07 Å². The Bertz CT molecular complexity index is 544. The lowest BCUT2D eigenvalue weighted by molar-refractivity contribution is 0.401. The first kappa shape index (κ1) is 17.8. The maximum Gasteiger partial charge on any atom is 0.244 e. The molecule has 1 atom stereocenters. The van der Waals surface area contributed by atoms with Gasteiger partial charge in [0.25, 0.3) is 0 Å². The van der Waals surface area contributed by atoms with E-state index in [0.717, 1.165) is 32.1 Å². The third-order valence-electron chi connectivity index (χ3n) is 3.34. The number of unbranched alkanes of at least 4 members (excludes halogenated alkanes) is 1. The number of hydrogen-bond acceptors (Lipinski definition) is 4. The first-order valence-electron chi connectivity index (χ1n) is 7.40. The minimum Gasteiger partial charge on any atom is -0.495 e. The molecule has 5 nitrogen and oxygen atoms in total. The standard InChI is InChI=1S/C15H26N2O3S/c1-4-6-8-13(7-5-2)17-21(18,19)15-10-9-12(16)11-14(15)20-3/h9-11,13,17H,4-8,16H2,1-3H3. The van der Waals surface area contributed by atoms with Gasteiger partial charge in [0.1, 0.15) is 10.6 Å². The highest BCUT2D eigenvalue weighted by molar-refractivity contribution is 7.89. The van der Waals surface area contributed by atoms with Crippen LogP contribution in [0.25, 0.3) is 0 Å².